The van der Waals surface area contributed by atoms with Gasteiger partial charge in [-0.05, 0) is 82.7 Å². The number of para-hydroxylation sites is 1. The normalized spacial score (nSPS) is 16.7. The number of aliphatic hydroxyl groups is 1. The lowest BCUT2D eigenvalue weighted by Gasteiger charge is -2.32. The van der Waals surface area contributed by atoms with Crippen LogP contribution in [0.3, 0.4) is 0 Å². The number of amides is 1. The van der Waals surface area contributed by atoms with Crippen molar-refractivity contribution in [1.29, 1.82) is 0 Å². The number of hydrogen-bond acceptors (Lipinski definition) is 5. The van der Waals surface area contributed by atoms with Gasteiger partial charge in [-0.3, -0.25) is 14.4 Å². The molecule has 2 aromatic rings. The molecule has 1 aliphatic rings. The average Bonchev–Trinajstić information content (AvgIpc) is 2.83. The first-order valence-electron chi connectivity index (χ1n) is 11.9. The number of allylic oxidation sites excluding steroid dienone is 4. The summed E-state index contributed by atoms with van der Waals surface area (Å²) in [5.41, 5.74) is 1.37. The van der Waals surface area contributed by atoms with E-state index >= 15 is 0 Å². The zero-order valence-electron chi connectivity index (χ0n) is 21.0. The number of carbonyl (C=O) groups excluding carboxylic acids is 3. The van der Waals surface area contributed by atoms with Gasteiger partial charge in [0.15, 0.2) is 11.6 Å². The van der Waals surface area contributed by atoms with Gasteiger partial charge in [0.05, 0.1) is 11.2 Å². The van der Waals surface area contributed by atoms with Crippen molar-refractivity contribution in [1.82, 2.24) is 5.32 Å². The number of halogens is 1. The highest BCUT2D eigenvalue weighted by Gasteiger charge is 2.36. The molecule has 0 spiro atoms. The summed E-state index contributed by atoms with van der Waals surface area (Å²) in [7, 11) is 0. The van der Waals surface area contributed by atoms with Crippen LogP contribution in [0.1, 0.15) is 56.5 Å². The van der Waals surface area contributed by atoms with Crippen LogP contribution in [-0.2, 0) is 16.0 Å². The van der Waals surface area contributed by atoms with Gasteiger partial charge in [-0.15, -0.1) is 0 Å². The van der Waals surface area contributed by atoms with Crippen molar-refractivity contribution in [2.75, 3.05) is 6.54 Å². The molecule has 0 fully saturated rings. The highest BCUT2D eigenvalue weighted by atomic mass is 35.5. The van der Waals surface area contributed by atoms with Crippen molar-refractivity contribution in [3.63, 3.8) is 0 Å². The number of ketones is 2. The van der Waals surface area contributed by atoms with Crippen molar-refractivity contribution >= 4 is 29.1 Å². The summed E-state index contributed by atoms with van der Waals surface area (Å²) in [4.78, 5) is 38.7. The summed E-state index contributed by atoms with van der Waals surface area (Å²) in [5.74, 6) is -1.45. The van der Waals surface area contributed by atoms with Crippen LogP contribution in [0.15, 0.2) is 70.8 Å². The summed E-state index contributed by atoms with van der Waals surface area (Å²) >= 11 is 6.14. The zero-order chi connectivity index (χ0) is 26.6. The second kappa shape index (κ2) is 11.2. The molecule has 36 heavy (non-hydrogen) atoms. The Morgan fingerprint density at radius 3 is 2.33 bits per heavy atom. The Labute approximate surface area is 216 Å². The van der Waals surface area contributed by atoms with Gasteiger partial charge < -0.3 is 15.5 Å². The SMILES string of the molecule is CC1=C(C)C(=O)C(C(CCc2cccc(Cl)c2)CC(C)(O)CNC(=O)c2ccccc2O)=C(C)C1=O. The molecule has 7 heteroatoms. The molecule has 0 heterocycles. The lowest BCUT2D eigenvalue weighted by Crippen LogP contribution is -2.43. The first-order valence-corrected chi connectivity index (χ1v) is 12.3. The Morgan fingerprint density at radius 1 is 1.00 bits per heavy atom. The molecule has 2 atom stereocenters. The minimum Gasteiger partial charge on any atom is -0.507 e. The minimum absolute atomic E-state index is 0.101. The first-order chi connectivity index (χ1) is 16.9. The Balaban J connectivity index is 1.84. The molecule has 0 saturated carbocycles. The summed E-state index contributed by atoms with van der Waals surface area (Å²) in [6.45, 7) is 6.45. The van der Waals surface area contributed by atoms with Gasteiger partial charge in [-0.25, -0.2) is 0 Å². The van der Waals surface area contributed by atoms with Gasteiger partial charge in [0.25, 0.3) is 5.91 Å². The number of phenolic OH excluding ortho intramolecular Hbond substituents is 1. The van der Waals surface area contributed by atoms with Crippen LogP contribution >= 0.6 is 11.6 Å². The highest BCUT2D eigenvalue weighted by molar-refractivity contribution is 6.30. The first kappa shape index (κ1) is 27.4. The molecule has 0 saturated heterocycles. The number of phenols is 1. The van der Waals surface area contributed by atoms with Gasteiger partial charge in [0.2, 0.25) is 0 Å². The van der Waals surface area contributed by atoms with E-state index in [-0.39, 0.29) is 35.8 Å². The van der Waals surface area contributed by atoms with Crippen LogP contribution in [-0.4, -0.2) is 39.8 Å². The monoisotopic (exact) mass is 509 g/mol. The van der Waals surface area contributed by atoms with E-state index in [1.54, 1.807) is 45.9 Å². The van der Waals surface area contributed by atoms with E-state index in [1.165, 1.54) is 12.1 Å². The van der Waals surface area contributed by atoms with Crippen molar-refractivity contribution in [3.8, 4) is 5.75 Å². The molecule has 0 radical (unpaired) electrons. The van der Waals surface area contributed by atoms with Gasteiger partial charge in [0.1, 0.15) is 5.75 Å². The quantitative estimate of drug-likeness (QED) is 0.414. The van der Waals surface area contributed by atoms with Crippen LogP contribution < -0.4 is 5.32 Å². The Morgan fingerprint density at radius 2 is 1.67 bits per heavy atom. The van der Waals surface area contributed by atoms with E-state index in [1.807, 2.05) is 18.2 Å². The number of aromatic hydroxyl groups is 1. The van der Waals surface area contributed by atoms with Crippen molar-refractivity contribution in [2.45, 2.75) is 52.6 Å². The summed E-state index contributed by atoms with van der Waals surface area (Å²) in [6.07, 6.45) is 1.24. The summed E-state index contributed by atoms with van der Waals surface area (Å²) in [5, 5.41) is 24.5. The van der Waals surface area contributed by atoms with Gasteiger partial charge >= 0.3 is 0 Å². The number of aryl methyl sites for hydroxylation is 1. The lowest BCUT2D eigenvalue weighted by atomic mass is 9.74. The van der Waals surface area contributed by atoms with Crippen LogP contribution in [0.4, 0.5) is 0 Å². The predicted molar refractivity (Wildman–Crippen MR) is 140 cm³/mol. The maximum absolute atomic E-state index is 13.3. The van der Waals surface area contributed by atoms with Gasteiger partial charge in [-0.1, -0.05) is 35.9 Å². The van der Waals surface area contributed by atoms with Crippen molar-refractivity contribution in [2.24, 2.45) is 5.92 Å². The maximum Gasteiger partial charge on any atom is 0.255 e. The van der Waals surface area contributed by atoms with E-state index < -0.39 is 17.4 Å². The molecule has 6 nitrogen and oxygen atoms in total. The number of Topliss-reactive ketones (excluding diaryl/α,β-unsaturated/α-hetero) is 2. The van der Waals surface area contributed by atoms with Gasteiger partial charge in [-0.2, -0.15) is 0 Å². The molecule has 1 aliphatic carbocycles. The average molecular weight is 510 g/mol. The lowest BCUT2D eigenvalue weighted by molar-refractivity contribution is -0.117. The van der Waals surface area contributed by atoms with E-state index in [0.29, 0.717) is 40.2 Å². The number of nitrogens with one attached hydrogen (secondary N) is 1. The third-order valence-electron chi connectivity index (χ3n) is 6.78. The van der Waals surface area contributed by atoms with E-state index in [2.05, 4.69) is 5.32 Å². The molecule has 0 bridgehead atoms. The van der Waals surface area contributed by atoms with Crippen LogP contribution in [0.5, 0.6) is 5.75 Å². The molecule has 3 rings (SSSR count). The fourth-order valence-corrected chi connectivity index (χ4v) is 4.84. The second-order valence-electron chi connectivity index (χ2n) is 9.71. The molecule has 3 N–H and O–H groups in total. The van der Waals surface area contributed by atoms with Crippen molar-refractivity contribution < 1.29 is 24.6 Å². The smallest absolute Gasteiger partial charge is 0.255 e. The highest BCUT2D eigenvalue weighted by Crippen LogP contribution is 2.36. The van der Waals surface area contributed by atoms with Crippen molar-refractivity contribution in [3.05, 3.63) is 87.0 Å². The summed E-state index contributed by atoms with van der Waals surface area (Å²) < 4.78 is 0. The number of hydrogen-bond donors (Lipinski definition) is 3. The molecular weight excluding hydrogens is 478 g/mol. The fraction of sp³-hybridized carbons (Fsp3) is 0.345. The van der Waals surface area contributed by atoms with E-state index in [4.69, 9.17) is 11.6 Å². The third kappa shape index (κ3) is 6.31. The Kier molecular flexibility index (Phi) is 8.54. The van der Waals surface area contributed by atoms with Crippen LogP contribution in [0.2, 0.25) is 5.02 Å². The largest absolute Gasteiger partial charge is 0.507 e. The topological polar surface area (TPSA) is 104 Å². The molecule has 1 amide bonds. The molecule has 190 valence electrons. The fourth-order valence-electron chi connectivity index (χ4n) is 4.62. The zero-order valence-corrected chi connectivity index (χ0v) is 21.8. The number of rotatable bonds is 9. The molecule has 2 unspecified atom stereocenters. The predicted octanol–water partition coefficient (Wildman–Crippen LogP) is 4.97. The minimum atomic E-state index is -1.39. The number of benzene rings is 2. The van der Waals surface area contributed by atoms with E-state index in [9.17, 15) is 24.6 Å². The molecule has 0 aromatic heterocycles. The maximum atomic E-state index is 13.3. The molecular formula is C29H32ClNO5. The van der Waals surface area contributed by atoms with Crippen LogP contribution in [0.25, 0.3) is 0 Å². The number of carbonyl (C=O) groups is 3. The van der Waals surface area contributed by atoms with Crippen LogP contribution in [0, 0.1) is 5.92 Å². The van der Waals surface area contributed by atoms with E-state index in [0.717, 1.165) is 5.56 Å². The molecule has 2 aromatic carbocycles. The second-order valence-corrected chi connectivity index (χ2v) is 10.1. The Bertz CT molecular complexity index is 1260. The van der Waals surface area contributed by atoms with Gasteiger partial charge in [0, 0.05) is 33.9 Å². The third-order valence-corrected chi connectivity index (χ3v) is 7.01. The molecule has 0 aliphatic heterocycles. The Hall–Kier alpha value is -3.22. The summed E-state index contributed by atoms with van der Waals surface area (Å²) in [6, 6.07) is 13.6. The standard InChI is InChI=1S/C29H32ClNO5/c1-17-18(2)27(34)25(19(3)26(17)33)21(13-12-20-8-7-9-22(30)14-20)15-29(4,36)16-31-28(35)23-10-5-6-11-24(23)32/h5-11,14,21,32,36H,12-13,15-16H2,1-4H3,(H,31,35).